The average molecular weight is 264 g/mol. The van der Waals surface area contributed by atoms with E-state index in [1.807, 2.05) is 13.8 Å². The number of rotatable bonds is 6. The van der Waals surface area contributed by atoms with E-state index in [-0.39, 0.29) is 6.03 Å². The largest absolute Gasteiger partial charge is 0.491 e. The number of carbonyl (C=O) groups is 1. The molecule has 0 heterocycles. The van der Waals surface area contributed by atoms with Crippen LogP contribution in [0.1, 0.15) is 30.0 Å². The van der Waals surface area contributed by atoms with E-state index in [9.17, 15) is 4.79 Å². The van der Waals surface area contributed by atoms with Crippen LogP contribution in [0.15, 0.2) is 12.1 Å². The first-order chi connectivity index (χ1) is 9.06. The number of hydrogen-bond acceptors (Lipinski definition) is 2. The summed E-state index contributed by atoms with van der Waals surface area (Å²) < 4.78 is 5.76. The highest BCUT2D eigenvalue weighted by atomic mass is 16.5. The molecule has 0 atom stereocenters. The Morgan fingerprint density at radius 3 is 2.42 bits per heavy atom. The lowest BCUT2D eigenvalue weighted by Gasteiger charge is -2.14. The number of amides is 2. The first-order valence-corrected chi connectivity index (χ1v) is 6.77. The van der Waals surface area contributed by atoms with Crippen molar-refractivity contribution in [2.75, 3.05) is 19.7 Å². The number of carbonyl (C=O) groups excluding carboxylic acids is 1. The Bertz CT molecular complexity index is 430. The van der Waals surface area contributed by atoms with Crippen molar-refractivity contribution < 1.29 is 9.53 Å². The van der Waals surface area contributed by atoms with E-state index in [4.69, 9.17) is 4.74 Å². The molecule has 0 bridgehead atoms. The molecule has 106 valence electrons. The molecule has 4 nitrogen and oxygen atoms in total. The molecule has 0 aliphatic rings. The molecule has 1 rings (SSSR count). The van der Waals surface area contributed by atoms with Crippen molar-refractivity contribution in [1.29, 1.82) is 0 Å². The van der Waals surface area contributed by atoms with Gasteiger partial charge < -0.3 is 15.4 Å². The molecule has 1 aromatic rings. The predicted octanol–water partition coefficient (Wildman–Crippen LogP) is 2.70. The van der Waals surface area contributed by atoms with Gasteiger partial charge in [0, 0.05) is 6.54 Å². The molecule has 0 spiro atoms. The second-order valence-electron chi connectivity index (χ2n) is 4.68. The fraction of sp³-hybridized carbons (Fsp3) is 0.533. The van der Waals surface area contributed by atoms with Gasteiger partial charge in [0.1, 0.15) is 12.4 Å². The summed E-state index contributed by atoms with van der Waals surface area (Å²) in [6.07, 6.45) is 0.936. The summed E-state index contributed by atoms with van der Waals surface area (Å²) in [7, 11) is 0. The Labute approximate surface area is 115 Å². The number of ether oxygens (including phenoxy) is 1. The lowest BCUT2D eigenvalue weighted by molar-refractivity contribution is 0.236. The predicted molar refractivity (Wildman–Crippen MR) is 77.8 cm³/mol. The molecule has 2 N–H and O–H groups in total. The Balaban J connectivity index is 2.38. The molecular formula is C15H24N2O2. The lowest BCUT2D eigenvalue weighted by Crippen LogP contribution is -2.38. The van der Waals surface area contributed by atoms with E-state index in [0.29, 0.717) is 19.7 Å². The molecule has 1 aromatic carbocycles. The van der Waals surface area contributed by atoms with Gasteiger partial charge in [-0.2, -0.15) is 0 Å². The van der Waals surface area contributed by atoms with Gasteiger partial charge in [0.2, 0.25) is 0 Å². The zero-order valence-corrected chi connectivity index (χ0v) is 12.3. The topological polar surface area (TPSA) is 50.4 Å². The minimum Gasteiger partial charge on any atom is -0.491 e. The average Bonchev–Trinajstić information content (AvgIpc) is 2.40. The van der Waals surface area contributed by atoms with Gasteiger partial charge >= 0.3 is 6.03 Å². The van der Waals surface area contributed by atoms with Crippen LogP contribution in [-0.4, -0.2) is 25.7 Å². The third-order valence-electron chi connectivity index (χ3n) is 3.04. The molecule has 0 saturated carbocycles. The van der Waals surface area contributed by atoms with E-state index >= 15 is 0 Å². The Morgan fingerprint density at radius 1 is 1.11 bits per heavy atom. The van der Waals surface area contributed by atoms with Crippen LogP contribution in [0.3, 0.4) is 0 Å². The molecule has 19 heavy (non-hydrogen) atoms. The van der Waals surface area contributed by atoms with Crippen molar-refractivity contribution in [3.05, 3.63) is 28.8 Å². The minimum atomic E-state index is -0.136. The maximum absolute atomic E-state index is 11.3. The molecule has 0 saturated heterocycles. The SMILES string of the molecule is CCCNC(=O)NCCOc1c(C)ccc(C)c1C. The normalized spacial score (nSPS) is 10.1. The summed E-state index contributed by atoms with van der Waals surface area (Å²) >= 11 is 0. The van der Waals surface area contributed by atoms with E-state index in [0.717, 1.165) is 23.3 Å². The van der Waals surface area contributed by atoms with Crippen molar-refractivity contribution in [1.82, 2.24) is 10.6 Å². The van der Waals surface area contributed by atoms with Crippen molar-refractivity contribution in [2.45, 2.75) is 34.1 Å². The molecule has 0 radical (unpaired) electrons. The first-order valence-electron chi connectivity index (χ1n) is 6.77. The van der Waals surface area contributed by atoms with Gasteiger partial charge in [-0.05, 0) is 43.9 Å². The van der Waals surface area contributed by atoms with E-state index in [1.165, 1.54) is 5.56 Å². The quantitative estimate of drug-likeness (QED) is 0.776. The van der Waals surface area contributed by atoms with Crippen LogP contribution >= 0.6 is 0 Å². The van der Waals surface area contributed by atoms with Crippen LogP contribution in [0.2, 0.25) is 0 Å². The van der Waals surface area contributed by atoms with Gasteiger partial charge in [-0.1, -0.05) is 19.1 Å². The Morgan fingerprint density at radius 2 is 1.74 bits per heavy atom. The maximum Gasteiger partial charge on any atom is 0.314 e. The van der Waals surface area contributed by atoms with E-state index in [1.54, 1.807) is 0 Å². The molecule has 0 fully saturated rings. The molecule has 0 aliphatic carbocycles. The van der Waals surface area contributed by atoms with Crippen molar-refractivity contribution >= 4 is 6.03 Å². The second kappa shape index (κ2) is 7.67. The lowest BCUT2D eigenvalue weighted by atomic mass is 10.1. The zero-order valence-electron chi connectivity index (χ0n) is 12.3. The van der Waals surface area contributed by atoms with Crippen LogP contribution in [0.25, 0.3) is 0 Å². The highest BCUT2D eigenvalue weighted by Gasteiger charge is 2.06. The molecule has 0 aromatic heterocycles. The smallest absolute Gasteiger partial charge is 0.314 e. The highest BCUT2D eigenvalue weighted by molar-refractivity contribution is 5.73. The third-order valence-corrected chi connectivity index (χ3v) is 3.04. The van der Waals surface area contributed by atoms with Crippen LogP contribution in [-0.2, 0) is 0 Å². The van der Waals surface area contributed by atoms with Gasteiger partial charge in [-0.25, -0.2) is 4.79 Å². The number of benzene rings is 1. The summed E-state index contributed by atoms with van der Waals surface area (Å²) in [4.78, 5) is 11.3. The molecule has 2 amide bonds. The summed E-state index contributed by atoms with van der Waals surface area (Å²) in [5.74, 6) is 0.927. The van der Waals surface area contributed by atoms with E-state index < -0.39 is 0 Å². The van der Waals surface area contributed by atoms with Crippen molar-refractivity contribution in [2.24, 2.45) is 0 Å². The Kier molecular flexibility index (Phi) is 6.19. The van der Waals surface area contributed by atoms with Crippen molar-refractivity contribution in [3.63, 3.8) is 0 Å². The zero-order chi connectivity index (χ0) is 14.3. The molecule has 4 heteroatoms. The van der Waals surface area contributed by atoms with Crippen LogP contribution in [0.5, 0.6) is 5.75 Å². The van der Waals surface area contributed by atoms with Gasteiger partial charge in [0.25, 0.3) is 0 Å². The second-order valence-corrected chi connectivity index (χ2v) is 4.68. The van der Waals surface area contributed by atoms with Crippen LogP contribution in [0, 0.1) is 20.8 Å². The standard InChI is InChI=1S/C15H24N2O2/c1-5-8-16-15(18)17-9-10-19-14-12(3)7-6-11(2)13(14)4/h6-7H,5,8-10H2,1-4H3,(H2,16,17,18). The van der Waals surface area contributed by atoms with E-state index in [2.05, 4.69) is 36.6 Å². The summed E-state index contributed by atoms with van der Waals surface area (Å²) in [6.45, 7) is 9.85. The minimum absolute atomic E-state index is 0.136. The maximum atomic E-state index is 11.3. The third kappa shape index (κ3) is 4.81. The highest BCUT2D eigenvalue weighted by Crippen LogP contribution is 2.25. The van der Waals surface area contributed by atoms with Crippen LogP contribution < -0.4 is 15.4 Å². The summed E-state index contributed by atoms with van der Waals surface area (Å²) in [5.41, 5.74) is 3.50. The summed E-state index contributed by atoms with van der Waals surface area (Å²) in [6, 6.07) is 4.01. The van der Waals surface area contributed by atoms with Crippen LogP contribution in [0.4, 0.5) is 4.79 Å². The van der Waals surface area contributed by atoms with Gasteiger partial charge in [-0.3, -0.25) is 0 Å². The first kappa shape index (κ1) is 15.3. The Hall–Kier alpha value is -1.71. The molecule has 0 aliphatic heterocycles. The van der Waals surface area contributed by atoms with Gasteiger partial charge in [0.05, 0.1) is 6.54 Å². The number of urea groups is 1. The summed E-state index contributed by atoms with van der Waals surface area (Å²) in [5, 5.41) is 5.52. The monoisotopic (exact) mass is 264 g/mol. The van der Waals surface area contributed by atoms with Gasteiger partial charge in [-0.15, -0.1) is 0 Å². The molecular weight excluding hydrogens is 240 g/mol. The number of hydrogen-bond donors (Lipinski definition) is 2. The van der Waals surface area contributed by atoms with Gasteiger partial charge in [0.15, 0.2) is 0 Å². The fourth-order valence-corrected chi connectivity index (χ4v) is 1.77. The molecule has 0 unspecified atom stereocenters. The number of aryl methyl sites for hydroxylation is 2. The fourth-order valence-electron chi connectivity index (χ4n) is 1.77. The van der Waals surface area contributed by atoms with Crippen molar-refractivity contribution in [3.8, 4) is 5.75 Å². The number of nitrogens with one attached hydrogen (secondary N) is 2.